The first-order valence-corrected chi connectivity index (χ1v) is 6.82. The molecule has 2 N–H and O–H groups in total. The molecule has 0 aliphatic rings. The summed E-state index contributed by atoms with van der Waals surface area (Å²) in [6.07, 6.45) is 4.76. The van der Waals surface area contributed by atoms with E-state index in [0.717, 1.165) is 6.08 Å². The summed E-state index contributed by atoms with van der Waals surface area (Å²) >= 11 is 6.01. The Hall–Kier alpha value is -3.06. The minimum absolute atomic E-state index is 0.00965. The van der Waals surface area contributed by atoms with Crippen LogP contribution >= 0.6 is 11.6 Å². The van der Waals surface area contributed by atoms with Gasteiger partial charge in [-0.25, -0.2) is 4.98 Å². The topological polar surface area (TPSA) is 101 Å². The molecule has 0 aliphatic heterocycles. The predicted octanol–water partition coefficient (Wildman–Crippen LogP) is 3.63. The lowest BCUT2D eigenvalue weighted by molar-refractivity contribution is 0.104. The fraction of sp³-hybridized carbons (Fsp3) is 0. The zero-order valence-corrected chi connectivity index (χ0v) is 12.3. The summed E-state index contributed by atoms with van der Waals surface area (Å²) in [6.45, 7) is 0. The molecule has 0 fully saturated rings. The number of ketones is 1. The highest BCUT2D eigenvalue weighted by Gasteiger charge is 2.17. The smallest absolute Gasteiger partial charge is 0.215 e. The molecule has 116 valence electrons. The molecule has 3 aromatic rings. The number of aliphatic hydroxyl groups is 1. The predicted molar refractivity (Wildman–Crippen MR) is 81.6 cm³/mol. The molecule has 8 heteroatoms. The zero-order valence-electron chi connectivity index (χ0n) is 11.6. The Balaban J connectivity index is 1.85. The maximum Gasteiger partial charge on any atom is 0.215 e. The number of furan rings is 1. The van der Waals surface area contributed by atoms with Crippen molar-refractivity contribution >= 4 is 23.1 Å². The molecule has 23 heavy (non-hydrogen) atoms. The Bertz CT molecular complexity index is 855. The van der Waals surface area contributed by atoms with E-state index < -0.39 is 5.78 Å². The van der Waals surface area contributed by atoms with Crippen LogP contribution in [-0.2, 0) is 0 Å². The van der Waals surface area contributed by atoms with Gasteiger partial charge in [-0.1, -0.05) is 23.7 Å². The van der Waals surface area contributed by atoms with E-state index in [4.69, 9.17) is 20.8 Å². The molecule has 0 amide bonds. The first-order valence-electron chi connectivity index (χ1n) is 6.45. The van der Waals surface area contributed by atoms with Gasteiger partial charge in [0.2, 0.25) is 5.82 Å². The number of hydrogen-bond donors (Lipinski definition) is 2. The second kappa shape index (κ2) is 6.37. The van der Waals surface area contributed by atoms with E-state index in [1.54, 1.807) is 24.3 Å². The normalized spacial score (nSPS) is 11.4. The average Bonchev–Trinajstić information content (AvgIpc) is 3.20. The van der Waals surface area contributed by atoms with Crippen LogP contribution in [0, 0.1) is 0 Å². The van der Waals surface area contributed by atoms with Gasteiger partial charge in [0, 0.05) is 6.08 Å². The van der Waals surface area contributed by atoms with Gasteiger partial charge in [-0.3, -0.25) is 9.89 Å². The van der Waals surface area contributed by atoms with Crippen molar-refractivity contribution in [2.75, 3.05) is 0 Å². The molecule has 7 nitrogen and oxygen atoms in total. The second-order valence-electron chi connectivity index (χ2n) is 4.40. The van der Waals surface area contributed by atoms with Gasteiger partial charge in [-0.05, 0) is 12.1 Å². The summed E-state index contributed by atoms with van der Waals surface area (Å²) in [5, 5.41) is 16.3. The van der Waals surface area contributed by atoms with E-state index in [9.17, 15) is 9.90 Å². The molecule has 0 bridgehead atoms. The molecule has 2 aromatic heterocycles. The summed E-state index contributed by atoms with van der Waals surface area (Å²) in [5.74, 6) is -0.325. The van der Waals surface area contributed by atoms with E-state index in [2.05, 4.69) is 15.2 Å². The first-order chi connectivity index (χ1) is 11.1. The van der Waals surface area contributed by atoms with Crippen molar-refractivity contribution in [2.45, 2.75) is 0 Å². The second-order valence-corrected chi connectivity index (χ2v) is 4.81. The minimum atomic E-state index is -0.525. The number of H-pyrrole nitrogens is 1. The summed E-state index contributed by atoms with van der Waals surface area (Å²) < 4.78 is 10.6. The molecule has 2 heterocycles. The van der Waals surface area contributed by atoms with Gasteiger partial charge in [0.15, 0.2) is 17.3 Å². The van der Waals surface area contributed by atoms with Crippen LogP contribution in [0.1, 0.15) is 16.2 Å². The number of aliphatic hydroxyl groups excluding tert-OH is 1. The molecule has 3 rings (SSSR count). The average molecular weight is 332 g/mol. The van der Waals surface area contributed by atoms with E-state index in [1.807, 2.05) is 0 Å². The fourth-order valence-electron chi connectivity index (χ4n) is 1.79. The number of para-hydroxylation sites is 1. The largest absolute Gasteiger partial charge is 0.504 e. The van der Waals surface area contributed by atoms with Crippen molar-refractivity contribution in [3.05, 3.63) is 65.6 Å². The van der Waals surface area contributed by atoms with Gasteiger partial charge in [-0.2, -0.15) is 5.10 Å². The molecule has 0 saturated heterocycles. The van der Waals surface area contributed by atoms with Crippen molar-refractivity contribution in [1.29, 1.82) is 0 Å². The molecular weight excluding hydrogens is 322 g/mol. The van der Waals surface area contributed by atoms with Crippen LogP contribution < -0.4 is 4.74 Å². The number of rotatable bonds is 5. The SMILES string of the molecule is O=C(C=C(O)c1nc[nH]n1)c1cocc1Oc1ccccc1Cl. The van der Waals surface area contributed by atoms with Gasteiger partial charge < -0.3 is 14.3 Å². The van der Waals surface area contributed by atoms with Gasteiger partial charge in [0.1, 0.15) is 30.2 Å². The monoisotopic (exact) mass is 331 g/mol. The lowest BCUT2D eigenvalue weighted by Gasteiger charge is -2.06. The number of carbonyl (C=O) groups is 1. The quantitative estimate of drug-likeness (QED) is 0.420. The van der Waals surface area contributed by atoms with Gasteiger partial charge >= 0.3 is 0 Å². The minimum Gasteiger partial charge on any atom is -0.504 e. The number of allylic oxidation sites excluding steroid dienone is 1. The van der Waals surface area contributed by atoms with Crippen molar-refractivity contribution in [2.24, 2.45) is 0 Å². The molecule has 1 aromatic carbocycles. The highest BCUT2D eigenvalue weighted by atomic mass is 35.5. The highest BCUT2D eigenvalue weighted by molar-refractivity contribution is 6.32. The highest BCUT2D eigenvalue weighted by Crippen LogP contribution is 2.32. The van der Waals surface area contributed by atoms with Crippen LogP contribution in [0.25, 0.3) is 5.76 Å². The summed E-state index contributed by atoms with van der Waals surface area (Å²) in [6, 6.07) is 6.82. The van der Waals surface area contributed by atoms with Crippen LogP contribution in [0.3, 0.4) is 0 Å². The Morgan fingerprint density at radius 2 is 2.13 bits per heavy atom. The Labute approximate surface area is 135 Å². The number of hydrogen-bond acceptors (Lipinski definition) is 6. The maximum atomic E-state index is 12.2. The van der Waals surface area contributed by atoms with Crippen LogP contribution in [0.15, 0.2) is 53.6 Å². The Morgan fingerprint density at radius 1 is 1.30 bits per heavy atom. The van der Waals surface area contributed by atoms with E-state index in [1.165, 1.54) is 18.9 Å². The van der Waals surface area contributed by atoms with Gasteiger partial charge in [0.05, 0.1) is 5.02 Å². The fourth-order valence-corrected chi connectivity index (χ4v) is 1.96. The maximum absolute atomic E-state index is 12.2. The Kier molecular flexibility index (Phi) is 4.11. The number of ether oxygens (including phenoxy) is 1. The number of aromatic nitrogens is 3. The van der Waals surface area contributed by atoms with Crippen molar-refractivity contribution in [3.63, 3.8) is 0 Å². The van der Waals surface area contributed by atoms with Gasteiger partial charge in [0.25, 0.3) is 0 Å². The number of halogens is 1. The number of carbonyl (C=O) groups excluding carboxylic acids is 1. The van der Waals surface area contributed by atoms with Crippen LogP contribution in [0.4, 0.5) is 0 Å². The number of nitrogens with zero attached hydrogens (tertiary/aromatic N) is 2. The number of nitrogens with one attached hydrogen (secondary N) is 1. The molecule has 0 atom stereocenters. The van der Waals surface area contributed by atoms with Crippen molar-refractivity contribution in [1.82, 2.24) is 15.2 Å². The van der Waals surface area contributed by atoms with E-state index in [-0.39, 0.29) is 22.9 Å². The molecule has 0 unspecified atom stereocenters. The van der Waals surface area contributed by atoms with Crippen LogP contribution in [0.2, 0.25) is 5.02 Å². The first kappa shape index (κ1) is 14.9. The third-order valence-corrected chi connectivity index (χ3v) is 3.17. The van der Waals surface area contributed by atoms with Crippen LogP contribution in [0.5, 0.6) is 11.5 Å². The molecule has 0 spiro atoms. The van der Waals surface area contributed by atoms with E-state index in [0.29, 0.717) is 10.8 Å². The number of aromatic amines is 1. The molecular formula is C15H10ClN3O4. The zero-order chi connectivity index (χ0) is 16.2. The standard InChI is InChI=1S/C15H10ClN3O4/c16-10-3-1-2-4-13(10)23-14-7-22-6-9(14)11(20)5-12(21)15-17-8-18-19-15/h1-8,21H,(H,17,18,19). The third-order valence-electron chi connectivity index (χ3n) is 2.86. The summed E-state index contributed by atoms with van der Waals surface area (Å²) in [7, 11) is 0. The lowest BCUT2D eigenvalue weighted by atomic mass is 10.2. The molecule has 0 aliphatic carbocycles. The molecule has 0 saturated carbocycles. The lowest BCUT2D eigenvalue weighted by Crippen LogP contribution is -1.98. The van der Waals surface area contributed by atoms with E-state index >= 15 is 0 Å². The summed E-state index contributed by atoms with van der Waals surface area (Å²) in [5.41, 5.74) is 0.131. The van der Waals surface area contributed by atoms with Gasteiger partial charge in [-0.15, -0.1) is 0 Å². The third kappa shape index (κ3) is 3.24. The number of benzene rings is 1. The Morgan fingerprint density at radius 3 is 2.87 bits per heavy atom. The molecule has 0 radical (unpaired) electrons. The van der Waals surface area contributed by atoms with Crippen LogP contribution in [-0.4, -0.2) is 26.1 Å². The summed E-state index contributed by atoms with van der Waals surface area (Å²) in [4.78, 5) is 16.0. The van der Waals surface area contributed by atoms with Crippen molar-refractivity contribution in [3.8, 4) is 11.5 Å². The van der Waals surface area contributed by atoms with Crippen molar-refractivity contribution < 1.29 is 19.1 Å².